The maximum absolute atomic E-state index is 13.0. The van der Waals surface area contributed by atoms with Crippen LogP contribution in [-0.2, 0) is 15.7 Å². The molecule has 0 saturated heterocycles. The minimum Gasteiger partial charge on any atom is -0.465 e. The molecule has 0 aliphatic carbocycles. The van der Waals surface area contributed by atoms with E-state index in [2.05, 4.69) is 20.9 Å². The van der Waals surface area contributed by atoms with Crippen molar-refractivity contribution < 1.29 is 37.0 Å². The van der Waals surface area contributed by atoms with Gasteiger partial charge in [0, 0.05) is 24.2 Å². The number of alkyl halides is 3. The van der Waals surface area contributed by atoms with Gasteiger partial charge in [-0.3, -0.25) is 4.79 Å². The van der Waals surface area contributed by atoms with Crippen LogP contribution in [0.25, 0.3) is 28.1 Å². The fourth-order valence-corrected chi connectivity index (χ4v) is 4.21. The Bertz CT molecular complexity index is 1660. The first-order valence-corrected chi connectivity index (χ1v) is 13.9. The lowest BCUT2D eigenvalue weighted by atomic mass is 10.0. The smallest absolute Gasteiger partial charge is 0.416 e. The summed E-state index contributed by atoms with van der Waals surface area (Å²) >= 11 is 0. The number of methoxy groups -OCH3 is 1. The van der Waals surface area contributed by atoms with Gasteiger partial charge in [-0.1, -0.05) is 29.5 Å². The lowest BCUT2D eigenvalue weighted by Crippen LogP contribution is -2.34. The quantitative estimate of drug-likeness (QED) is 0.172. The third kappa shape index (κ3) is 8.91. The number of rotatable bonds is 9. The van der Waals surface area contributed by atoms with E-state index in [1.165, 1.54) is 23.9 Å². The maximum atomic E-state index is 13.0. The molecule has 0 radical (unpaired) electrons. The minimum atomic E-state index is -4.45. The molecule has 0 bridgehead atoms. The Hall–Kier alpha value is -5.20. The molecule has 3 aromatic carbocycles. The van der Waals surface area contributed by atoms with Crippen LogP contribution < -0.4 is 10.6 Å². The van der Waals surface area contributed by atoms with E-state index in [4.69, 9.17) is 9.47 Å². The van der Waals surface area contributed by atoms with Crippen molar-refractivity contribution in [1.82, 2.24) is 25.6 Å². The summed E-state index contributed by atoms with van der Waals surface area (Å²) in [4.78, 5) is 36.8. The van der Waals surface area contributed by atoms with Crippen molar-refractivity contribution in [2.75, 3.05) is 20.2 Å². The number of amides is 2. The summed E-state index contributed by atoms with van der Waals surface area (Å²) in [7, 11) is 1.26. The lowest BCUT2D eigenvalue weighted by molar-refractivity contribution is -0.137. The van der Waals surface area contributed by atoms with Crippen molar-refractivity contribution in [3.8, 4) is 28.1 Å². The average molecular weight is 624 g/mol. The molecule has 2 N–H and O–H groups in total. The molecule has 0 atom stereocenters. The van der Waals surface area contributed by atoms with Gasteiger partial charge in [-0.25, -0.2) is 14.3 Å². The summed E-state index contributed by atoms with van der Waals surface area (Å²) in [6.45, 7) is 5.99. The van der Waals surface area contributed by atoms with Gasteiger partial charge in [0.2, 0.25) is 0 Å². The van der Waals surface area contributed by atoms with Gasteiger partial charge < -0.3 is 20.1 Å². The molecular weight excluding hydrogens is 591 g/mol. The number of hydrogen-bond acceptors (Lipinski definition) is 7. The molecule has 0 unspecified atom stereocenters. The molecule has 0 fully saturated rings. The first-order valence-electron chi connectivity index (χ1n) is 13.9. The number of ether oxygens (including phenoxy) is 2. The van der Waals surface area contributed by atoms with Crippen molar-refractivity contribution in [2.45, 2.75) is 39.0 Å². The third-order valence-electron chi connectivity index (χ3n) is 6.39. The highest BCUT2D eigenvalue weighted by molar-refractivity contribution is 5.95. The number of carbonyl (C=O) groups excluding carboxylic acids is 3. The molecule has 45 heavy (non-hydrogen) atoms. The largest absolute Gasteiger partial charge is 0.465 e. The Balaban J connectivity index is 1.46. The lowest BCUT2D eigenvalue weighted by Gasteiger charge is -2.19. The number of benzene rings is 3. The molecule has 0 saturated carbocycles. The van der Waals surface area contributed by atoms with Crippen molar-refractivity contribution in [2.24, 2.45) is 0 Å². The van der Waals surface area contributed by atoms with Crippen LogP contribution >= 0.6 is 0 Å². The summed E-state index contributed by atoms with van der Waals surface area (Å²) in [6.07, 6.45) is -2.92. The number of halogens is 3. The SMILES string of the molecule is COC(=O)c1cc(-c2ccc(C(=O)NCCCNC(=O)OC(C)(C)C)cc2)cc(-n2cc(-c3ccc(C(F)(F)F)cc3)nn2)c1. The van der Waals surface area contributed by atoms with E-state index in [-0.39, 0.29) is 11.5 Å². The van der Waals surface area contributed by atoms with E-state index in [0.717, 1.165) is 12.1 Å². The van der Waals surface area contributed by atoms with Crippen molar-refractivity contribution in [1.29, 1.82) is 0 Å². The number of esters is 1. The van der Waals surface area contributed by atoms with E-state index < -0.39 is 29.4 Å². The highest BCUT2D eigenvalue weighted by Crippen LogP contribution is 2.31. The number of nitrogens with one attached hydrogen (secondary N) is 2. The Labute approximate surface area is 257 Å². The van der Waals surface area contributed by atoms with Crippen LogP contribution in [-0.4, -0.2) is 58.8 Å². The molecule has 236 valence electrons. The Morgan fingerprint density at radius 2 is 1.47 bits per heavy atom. The molecule has 10 nitrogen and oxygen atoms in total. The first-order chi connectivity index (χ1) is 21.2. The number of carbonyl (C=O) groups is 3. The molecule has 1 heterocycles. The van der Waals surface area contributed by atoms with E-state index in [0.29, 0.717) is 53.1 Å². The molecule has 1 aromatic heterocycles. The average Bonchev–Trinajstić information content (AvgIpc) is 3.49. The van der Waals surface area contributed by atoms with Crippen LogP contribution in [0.1, 0.15) is 53.5 Å². The fraction of sp³-hybridized carbons (Fsp3) is 0.281. The highest BCUT2D eigenvalue weighted by Gasteiger charge is 2.30. The summed E-state index contributed by atoms with van der Waals surface area (Å²) < 4.78 is 50.3. The Morgan fingerprint density at radius 3 is 2.09 bits per heavy atom. The van der Waals surface area contributed by atoms with E-state index >= 15 is 0 Å². The standard InChI is InChI=1S/C32H32F3N5O5/c1-31(2,3)45-30(43)37-15-5-14-36-28(41)22-8-6-20(7-9-22)23-16-24(29(42)44-4)18-26(17-23)40-19-27(38-39-40)21-10-12-25(13-11-21)32(33,34)35/h6-13,16-19H,5,14-15H2,1-4H3,(H,36,41)(H,37,43). The summed E-state index contributed by atoms with van der Waals surface area (Å²) in [5.74, 6) is -0.875. The summed E-state index contributed by atoms with van der Waals surface area (Å²) in [5.41, 5.74) is 1.84. The maximum Gasteiger partial charge on any atom is 0.416 e. The number of nitrogens with zero attached hydrogens (tertiary/aromatic N) is 3. The van der Waals surface area contributed by atoms with Crippen molar-refractivity contribution >= 4 is 18.0 Å². The van der Waals surface area contributed by atoms with Crippen LogP contribution in [0.3, 0.4) is 0 Å². The van der Waals surface area contributed by atoms with Gasteiger partial charge in [0.25, 0.3) is 5.91 Å². The topological polar surface area (TPSA) is 124 Å². The van der Waals surface area contributed by atoms with Crippen molar-refractivity contribution in [3.63, 3.8) is 0 Å². The predicted molar refractivity (Wildman–Crippen MR) is 160 cm³/mol. The summed E-state index contributed by atoms with van der Waals surface area (Å²) in [6, 6.07) is 16.3. The highest BCUT2D eigenvalue weighted by atomic mass is 19.4. The first kappa shape index (κ1) is 32.7. The molecule has 0 aliphatic rings. The van der Waals surface area contributed by atoms with Gasteiger partial charge in [-0.2, -0.15) is 13.2 Å². The van der Waals surface area contributed by atoms with Crippen LogP contribution in [0.2, 0.25) is 0 Å². The van der Waals surface area contributed by atoms with Crippen LogP contribution in [0.4, 0.5) is 18.0 Å². The molecule has 13 heteroatoms. The molecular formula is C32H32F3N5O5. The van der Waals surface area contributed by atoms with Gasteiger partial charge in [0.1, 0.15) is 11.3 Å². The third-order valence-corrected chi connectivity index (χ3v) is 6.39. The van der Waals surface area contributed by atoms with Gasteiger partial charge in [0.05, 0.1) is 30.1 Å². The molecule has 4 rings (SSSR count). The van der Waals surface area contributed by atoms with Gasteiger partial charge >= 0.3 is 18.2 Å². The predicted octanol–water partition coefficient (Wildman–Crippen LogP) is 6.05. The second-order valence-corrected chi connectivity index (χ2v) is 11.0. The van der Waals surface area contributed by atoms with E-state index in [1.807, 2.05) is 0 Å². The number of hydrogen-bond donors (Lipinski definition) is 2. The minimum absolute atomic E-state index is 0.235. The Morgan fingerprint density at radius 1 is 0.822 bits per heavy atom. The second-order valence-electron chi connectivity index (χ2n) is 11.0. The van der Waals surface area contributed by atoms with Gasteiger partial charge in [-0.05, 0) is 80.8 Å². The zero-order chi connectivity index (χ0) is 32.8. The van der Waals surface area contributed by atoms with Gasteiger partial charge in [0.15, 0.2) is 0 Å². The van der Waals surface area contributed by atoms with E-state index in [1.54, 1.807) is 69.4 Å². The fourth-order valence-electron chi connectivity index (χ4n) is 4.21. The number of aromatic nitrogens is 3. The zero-order valence-corrected chi connectivity index (χ0v) is 25.1. The van der Waals surface area contributed by atoms with Crippen LogP contribution in [0, 0.1) is 0 Å². The van der Waals surface area contributed by atoms with E-state index in [9.17, 15) is 27.6 Å². The van der Waals surface area contributed by atoms with Crippen molar-refractivity contribution in [3.05, 3.63) is 89.6 Å². The monoisotopic (exact) mass is 623 g/mol. The van der Waals surface area contributed by atoms with Crippen LogP contribution in [0.15, 0.2) is 72.9 Å². The van der Waals surface area contributed by atoms with Gasteiger partial charge in [-0.15, -0.1) is 5.10 Å². The number of alkyl carbamates (subject to hydrolysis) is 1. The summed E-state index contributed by atoms with van der Waals surface area (Å²) in [5, 5.41) is 13.6. The normalized spacial score (nSPS) is 11.5. The second kappa shape index (κ2) is 13.6. The molecule has 4 aromatic rings. The molecule has 0 aliphatic heterocycles. The zero-order valence-electron chi connectivity index (χ0n) is 25.1. The van der Waals surface area contributed by atoms with Crippen LogP contribution in [0.5, 0.6) is 0 Å². The Kier molecular flexibility index (Phi) is 9.90. The molecule has 0 spiro atoms. The molecule has 2 amide bonds.